The number of hydrogen-bond acceptors (Lipinski definition) is 3. The van der Waals surface area contributed by atoms with Crippen LogP contribution in [0.15, 0.2) is 170 Å². The van der Waals surface area contributed by atoms with Crippen LogP contribution in [0.25, 0.3) is 94.3 Å². The van der Waals surface area contributed by atoms with Gasteiger partial charge in [0.2, 0.25) is 0 Å². The van der Waals surface area contributed by atoms with Gasteiger partial charge in [0.15, 0.2) is 5.82 Å². The fraction of sp³-hybridized carbons (Fsp3) is 0. The second kappa shape index (κ2) is 10.7. The first kappa shape index (κ1) is 27.9. The minimum atomic E-state index is 0.570. The molecule has 0 aliphatic rings. The Morgan fingerprint density at radius 2 is 1.02 bits per heavy atom. The van der Waals surface area contributed by atoms with Crippen LogP contribution in [-0.4, -0.2) is 28.7 Å². The van der Waals surface area contributed by atoms with Crippen molar-refractivity contribution >= 4 is 60.3 Å². The van der Waals surface area contributed by atoms with Crippen LogP contribution in [0.2, 0.25) is 0 Å². The van der Waals surface area contributed by atoms with E-state index in [4.69, 9.17) is 15.1 Å². The van der Waals surface area contributed by atoms with Gasteiger partial charge in [-0.2, -0.15) is 9.50 Å². The molecular formula is C45H28N6. The van der Waals surface area contributed by atoms with Gasteiger partial charge in [0.05, 0.1) is 33.3 Å². The lowest BCUT2D eigenvalue weighted by molar-refractivity contribution is 0.988. The van der Waals surface area contributed by atoms with Crippen LogP contribution < -0.4 is 0 Å². The van der Waals surface area contributed by atoms with Crippen LogP contribution in [0.1, 0.15) is 0 Å². The predicted molar refractivity (Wildman–Crippen MR) is 208 cm³/mol. The third-order valence-corrected chi connectivity index (χ3v) is 10.1. The van der Waals surface area contributed by atoms with Gasteiger partial charge in [-0.05, 0) is 48.5 Å². The topological polar surface area (TPSA) is 52.9 Å². The minimum absolute atomic E-state index is 0.570. The summed E-state index contributed by atoms with van der Waals surface area (Å²) >= 11 is 0. The molecule has 0 atom stereocenters. The van der Waals surface area contributed by atoms with Gasteiger partial charge in [-0.15, -0.1) is 5.10 Å². The number of benzene rings is 7. The molecule has 238 valence electrons. The third-order valence-electron chi connectivity index (χ3n) is 10.1. The lowest BCUT2D eigenvalue weighted by Gasteiger charge is -2.11. The van der Waals surface area contributed by atoms with Crippen LogP contribution in [0.3, 0.4) is 0 Å². The van der Waals surface area contributed by atoms with E-state index in [1.54, 1.807) is 0 Å². The van der Waals surface area contributed by atoms with Crippen molar-refractivity contribution in [3.63, 3.8) is 0 Å². The van der Waals surface area contributed by atoms with Crippen molar-refractivity contribution in [1.82, 2.24) is 28.7 Å². The van der Waals surface area contributed by atoms with E-state index in [-0.39, 0.29) is 0 Å². The number of nitrogens with zero attached hydrogens (tertiary/aromatic N) is 6. The normalized spacial score (nSPS) is 11.9. The monoisotopic (exact) mass is 652 g/mol. The third kappa shape index (κ3) is 4.07. The van der Waals surface area contributed by atoms with E-state index < -0.39 is 0 Å². The Morgan fingerprint density at radius 1 is 0.392 bits per heavy atom. The highest BCUT2D eigenvalue weighted by molar-refractivity contribution is 6.26. The second-order valence-electron chi connectivity index (χ2n) is 12.9. The largest absolute Gasteiger partial charge is 0.309 e. The van der Waals surface area contributed by atoms with Crippen molar-refractivity contribution in [3.8, 4) is 34.0 Å². The van der Waals surface area contributed by atoms with Crippen molar-refractivity contribution in [2.45, 2.75) is 0 Å². The fourth-order valence-corrected chi connectivity index (χ4v) is 7.91. The van der Waals surface area contributed by atoms with Crippen LogP contribution in [0.4, 0.5) is 0 Å². The molecule has 0 bridgehead atoms. The summed E-state index contributed by atoms with van der Waals surface area (Å²) in [4.78, 5) is 10.1. The Balaban J connectivity index is 1.17. The van der Waals surface area contributed by atoms with Gasteiger partial charge >= 0.3 is 0 Å². The Kier molecular flexibility index (Phi) is 5.86. The molecule has 4 aromatic heterocycles. The van der Waals surface area contributed by atoms with Crippen molar-refractivity contribution in [2.24, 2.45) is 0 Å². The fourth-order valence-electron chi connectivity index (χ4n) is 7.91. The Morgan fingerprint density at radius 3 is 1.82 bits per heavy atom. The molecule has 0 radical (unpaired) electrons. The Hall–Kier alpha value is -7.05. The maximum atomic E-state index is 5.05. The summed E-state index contributed by atoms with van der Waals surface area (Å²) in [6, 6.07) is 59.7. The molecular weight excluding hydrogens is 625 g/mol. The summed E-state index contributed by atoms with van der Waals surface area (Å²) in [6.45, 7) is 0. The van der Waals surface area contributed by atoms with Gasteiger partial charge in [0, 0.05) is 49.4 Å². The van der Waals surface area contributed by atoms with Crippen LogP contribution in [-0.2, 0) is 0 Å². The smallest absolute Gasteiger partial charge is 0.253 e. The molecule has 6 heteroatoms. The molecule has 0 aliphatic heterocycles. The molecule has 51 heavy (non-hydrogen) atoms. The molecule has 7 aromatic carbocycles. The van der Waals surface area contributed by atoms with E-state index >= 15 is 0 Å². The zero-order valence-corrected chi connectivity index (χ0v) is 27.3. The van der Waals surface area contributed by atoms with E-state index in [1.165, 1.54) is 38.1 Å². The summed E-state index contributed by atoms with van der Waals surface area (Å²) in [5.41, 5.74) is 10.7. The molecule has 0 N–H and O–H groups in total. The summed E-state index contributed by atoms with van der Waals surface area (Å²) in [5, 5.41) is 11.0. The van der Waals surface area contributed by atoms with Crippen molar-refractivity contribution in [3.05, 3.63) is 170 Å². The molecule has 11 rings (SSSR count). The van der Waals surface area contributed by atoms with Gasteiger partial charge in [0.25, 0.3) is 5.78 Å². The lowest BCUT2D eigenvalue weighted by Crippen LogP contribution is -1.97. The van der Waals surface area contributed by atoms with E-state index in [9.17, 15) is 0 Å². The number of rotatable bonds is 4. The molecule has 0 fully saturated rings. The molecule has 0 unspecified atom stereocenters. The van der Waals surface area contributed by atoms with Gasteiger partial charge < -0.3 is 9.13 Å². The summed E-state index contributed by atoms with van der Waals surface area (Å²) in [5.74, 6) is 1.20. The first-order chi connectivity index (χ1) is 25.3. The van der Waals surface area contributed by atoms with Gasteiger partial charge in [-0.3, -0.25) is 0 Å². The maximum Gasteiger partial charge on any atom is 0.253 e. The van der Waals surface area contributed by atoms with Crippen molar-refractivity contribution in [1.29, 1.82) is 0 Å². The van der Waals surface area contributed by atoms with E-state index in [0.29, 0.717) is 11.6 Å². The highest BCUT2D eigenvalue weighted by Crippen LogP contribution is 2.42. The molecule has 11 aromatic rings. The number of aromatic nitrogens is 6. The van der Waals surface area contributed by atoms with Gasteiger partial charge in [-0.25, -0.2) is 4.98 Å². The zero-order valence-electron chi connectivity index (χ0n) is 27.3. The number of fused-ring (bicyclic) bond motifs is 10. The lowest BCUT2D eigenvalue weighted by atomic mass is 10.1. The predicted octanol–water partition coefficient (Wildman–Crippen LogP) is 10.8. The van der Waals surface area contributed by atoms with E-state index in [2.05, 4.69) is 149 Å². The SMILES string of the molecule is c1ccc(-c2nc3nc(-c4cccc(-n5c6ccccc6c6ccc7c(c8ccccc8n7-c7ccccc7)c65)c4)nn3c3ccccc23)cc1. The second-order valence-corrected chi connectivity index (χ2v) is 12.9. The summed E-state index contributed by atoms with van der Waals surface area (Å²) in [7, 11) is 0. The summed E-state index contributed by atoms with van der Waals surface area (Å²) in [6.07, 6.45) is 0. The number of hydrogen-bond donors (Lipinski definition) is 0. The molecule has 0 aliphatic carbocycles. The van der Waals surface area contributed by atoms with Crippen LogP contribution >= 0.6 is 0 Å². The van der Waals surface area contributed by atoms with Crippen LogP contribution in [0.5, 0.6) is 0 Å². The number of para-hydroxylation sites is 4. The molecule has 0 saturated carbocycles. The van der Waals surface area contributed by atoms with Crippen molar-refractivity contribution < 1.29 is 0 Å². The Bertz CT molecular complexity index is 3130. The van der Waals surface area contributed by atoms with Gasteiger partial charge in [0.1, 0.15) is 0 Å². The highest BCUT2D eigenvalue weighted by Gasteiger charge is 2.21. The molecule has 4 heterocycles. The van der Waals surface area contributed by atoms with Gasteiger partial charge in [-0.1, -0.05) is 121 Å². The van der Waals surface area contributed by atoms with E-state index in [0.717, 1.165) is 44.6 Å². The van der Waals surface area contributed by atoms with E-state index in [1.807, 2.05) is 34.8 Å². The maximum absolute atomic E-state index is 5.05. The molecule has 0 amide bonds. The average Bonchev–Trinajstić information content (AvgIpc) is 3.89. The zero-order chi connectivity index (χ0) is 33.5. The molecule has 0 spiro atoms. The average molecular weight is 653 g/mol. The molecule has 6 nitrogen and oxygen atoms in total. The van der Waals surface area contributed by atoms with Crippen molar-refractivity contribution in [2.75, 3.05) is 0 Å². The first-order valence-electron chi connectivity index (χ1n) is 17.1. The quantitative estimate of drug-likeness (QED) is 0.190. The minimum Gasteiger partial charge on any atom is -0.309 e. The summed E-state index contributed by atoms with van der Waals surface area (Å²) < 4.78 is 6.66. The molecule has 0 saturated heterocycles. The van der Waals surface area contributed by atoms with Crippen LogP contribution in [0, 0.1) is 0 Å². The first-order valence-corrected chi connectivity index (χ1v) is 17.1. The Labute approximate surface area is 292 Å². The standard InChI is InChI=1S/C45H28N6/c1-3-14-29(15-4-1)42-36-22-9-12-25-39(36)51-45(46-42)47-44(48-51)30-16-13-19-32(28-30)50-37-23-10-7-20-33(37)34-26-27-40-41(43(34)50)35-21-8-11-24-38(35)49(40)31-17-5-2-6-18-31/h1-28H. The highest BCUT2D eigenvalue weighted by atomic mass is 15.3.